The van der Waals surface area contributed by atoms with Gasteiger partial charge in [0.25, 0.3) is 0 Å². The van der Waals surface area contributed by atoms with Crippen molar-refractivity contribution in [2.45, 2.75) is 0 Å². The first-order valence-corrected chi connectivity index (χ1v) is 18.7. The highest BCUT2D eigenvalue weighted by atomic mass is 16.3. The number of rotatable bonds is 6. The van der Waals surface area contributed by atoms with Gasteiger partial charge in [0.1, 0.15) is 22.3 Å². The van der Waals surface area contributed by atoms with E-state index in [1.807, 2.05) is 67.0 Å². The van der Waals surface area contributed by atoms with E-state index >= 15 is 0 Å². The van der Waals surface area contributed by atoms with Crippen LogP contribution >= 0.6 is 0 Å². The Bertz CT molecular complexity index is 3220. The van der Waals surface area contributed by atoms with Gasteiger partial charge in [0.05, 0.1) is 11.4 Å². The zero-order valence-electron chi connectivity index (χ0n) is 30.1. The first-order chi connectivity index (χ1) is 27.7. The normalized spacial score (nSPS) is 11.6. The highest BCUT2D eigenvalue weighted by Gasteiger charge is 2.20. The third-order valence-corrected chi connectivity index (χ3v) is 10.7. The van der Waals surface area contributed by atoms with Crippen LogP contribution in [0.1, 0.15) is 0 Å². The lowest BCUT2D eigenvalue weighted by atomic mass is 9.93. The van der Waals surface area contributed by atoms with E-state index in [0.29, 0.717) is 5.82 Å². The Morgan fingerprint density at radius 1 is 0.339 bits per heavy atom. The van der Waals surface area contributed by atoms with Gasteiger partial charge in [0.15, 0.2) is 5.82 Å². The average molecular weight is 718 g/mol. The monoisotopic (exact) mass is 717 g/mol. The Labute approximate surface area is 322 Å². The summed E-state index contributed by atoms with van der Waals surface area (Å²) in [7, 11) is 0. The molecule has 0 spiro atoms. The molecule has 0 unspecified atom stereocenters. The first kappa shape index (κ1) is 31.9. The van der Waals surface area contributed by atoms with E-state index in [1.165, 1.54) is 0 Å². The molecule has 4 heterocycles. The lowest BCUT2D eigenvalue weighted by molar-refractivity contribution is 0.669. The quantitative estimate of drug-likeness (QED) is 0.171. The predicted molar refractivity (Wildman–Crippen MR) is 227 cm³/mol. The summed E-state index contributed by atoms with van der Waals surface area (Å²) in [4.78, 5) is 14.3. The number of aromatic nitrogens is 3. The fourth-order valence-corrected chi connectivity index (χ4v) is 7.90. The topological polar surface area (TPSA) is 65.0 Å². The van der Waals surface area contributed by atoms with Gasteiger partial charge in [-0.25, -0.2) is 9.97 Å². The van der Waals surface area contributed by atoms with Crippen LogP contribution < -0.4 is 0 Å². The molecule has 5 nitrogen and oxygen atoms in total. The maximum atomic E-state index is 6.70. The van der Waals surface area contributed by atoms with Crippen LogP contribution in [-0.2, 0) is 0 Å². The number of hydrogen-bond donors (Lipinski definition) is 0. The fraction of sp³-hybridized carbons (Fsp3) is 0. The molecule has 4 aromatic heterocycles. The van der Waals surface area contributed by atoms with Crippen molar-refractivity contribution in [1.82, 2.24) is 15.0 Å². The van der Waals surface area contributed by atoms with Crippen molar-refractivity contribution in [2.24, 2.45) is 0 Å². The molecule has 0 aliphatic heterocycles. The van der Waals surface area contributed by atoms with Crippen molar-refractivity contribution in [3.8, 4) is 67.3 Å². The zero-order valence-corrected chi connectivity index (χ0v) is 30.1. The number of hydrogen-bond acceptors (Lipinski definition) is 5. The van der Waals surface area contributed by atoms with E-state index < -0.39 is 0 Å². The van der Waals surface area contributed by atoms with E-state index in [0.717, 1.165) is 105 Å². The Morgan fingerprint density at radius 2 is 0.893 bits per heavy atom. The molecule has 0 saturated carbocycles. The third-order valence-electron chi connectivity index (χ3n) is 10.7. The lowest BCUT2D eigenvalue weighted by Gasteiger charge is -2.11. The summed E-state index contributed by atoms with van der Waals surface area (Å²) in [6.45, 7) is 0. The van der Waals surface area contributed by atoms with Crippen LogP contribution in [0.5, 0.6) is 0 Å². The van der Waals surface area contributed by atoms with Gasteiger partial charge in [-0.3, -0.25) is 4.98 Å². The number of fused-ring (bicyclic) bond motifs is 6. The summed E-state index contributed by atoms with van der Waals surface area (Å²) in [5.74, 6) is 0.680. The third kappa shape index (κ3) is 5.37. The molecule has 0 atom stereocenters. The van der Waals surface area contributed by atoms with Gasteiger partial charge >= 0.3 is 0 Å². The molecule has 0 N–H and O–H groups in total. The second-order valence-corrected chi connectivity index (χ2v) is 14.0. The molecule has 0 bridgehead atoms. The summed E-state index contributed by atoms with van der Waals surface area (Å²) in [5, 5.41) is 4.35. The maximum Gasteiger partial charge on any atom is 0.160 e. The average Bonchev–Trinajstić information content (AvgIpc) is 3.86. The summed E-state index contributed by atoms with van der Waals surface area (Å²) < 4.78 is 13.2. The minimum atomic E-state index is 0.680. The Hall–Kier alpha value is -7.63. The number of nitrogens with zero attached hydrogens (tertiary/aromatic N) is 3. The molecule has 56 heavy (non-hydrogen) atoms. The van der Waals surface area contributed by atoms with E-state index in [1.54, 1.807) is 0 Å². The second-order valence-electron chi connectivity index (χ2n) is 14.0. The summed E-state index contributed by atoms with van der Waals surface area (Å²) in [6, 6.07) is 60.6. The van der Waals surface area contributed by atoms with Crippen LogP contribution in [0.2, 0.25) is 0 Å². The van der Waals surface area contributed by atoms with Gasteiger partial charge in [-0.15, -0.1) is 0 Å². The SMILES string of the molecule is c1ccc(-c2nc(-c3ccc(-c4ccncc4)cc3)cc(-c3ccc(-c4ccc(-c5cccc6c5oc5ccccc56)c5c4oc4ccccc45)cc3)n2)cc1. The van der Waals surface area contributed by atoms with E-state index in [2.05, 4.69) is 126 Å². The second kappa shape index (κ2) is 13.0. The Balaban J connectivity index is 1.02. The smallest absolute Gasteiger partial charge is 0.160 e. The lowest BCUT2D eigenvalue weighted by Crippen LogP contribution is -1.96. The molecule has 11 rings (SSSR count). The van der Waals surface area contributed by atoms with Crippen molar-refractivity contribution in [3.05, 3.63) is 188 Å². The molecule has 0 aliphatic carbocycles. The maximum absolute atomic E-state index is 6.70. The van der Waals surface area contributed by atoms with Crippen LogP contribution in [0, 0.1) is 0 Å². The van der Waals surface area contributed by atoms with E-state index in [-0.39, 0.29) is 0 Å². The van der Waals surface area contributed by atoms with Crippen molar-refractivity contribution in [3.63, 3.8) is 0 Å². The van der Waals surface area contributed by atoms with Crippen LogP contribution in [-0.4, -0.2) is 15.0 Å². The summed E-state index contributed by atoms with van der Waals surface area (Å²) >= 11 is 0. The Kier molecular flexibility index (Phi) is 7.42. The molecule has 0 fully saturated rings. The molecule has 11 aromatic rings. The minimum absolute atomic E-state index is 0.680. The molecule has 0 saturated heterocycles. The van der Waals surface area contributed by atoms with Crippen LogP contribution in [0.4, 0.5) is 0 Å². The highest BCUT2D eigenvalue weighted by Crippen LogP contribution is 2.45. The standard InChI is InChI=1S/C51H31N3O2/c1-2-9-37(10-3-1)51-53-44(35-21-17-32(18-22-35)33-27-29-52-30-28-33)31-45(54-51)36-23-19-34(20-24-36)38-25-26-40(48-43-12-5-7-16-47(43)56-50(38)48)42-14-8-13-41-39-11-4-6-15-46(39)55-49(41)42/h1-31H. The van der Waals surface area contributed by atoms with Crippen molar-refractivity contribution in [2.75, 3.05) is 0 Å². The molecule has 262 valence electrons. The molecule has 5 heteroatoms. The van der Waals surface area contributed by atoms with E-state index in [9.17, 15) is 0 Å². The van der Waals surface area contributed by atoms with Crippen molar-refractivity contribution >= 4 is 43.9 Å². The number of para-hydroxylation sites is 3. The van der Waals surface area contributed by atoms with Crippen molar-refractivity contribution < 1.29 is 8.83 Å². The number of benzene rings is 7. The van der Waals surface area contributed by atoms with Crippen molar-refractivity contribution in [1.29, 1.82) is 0 Å². The molecule has 7 aromatic carbocycles. The minimum Gasteiger partial charge on any atom is -0.455 e. The predicted octanol–water partition coefficient (Wildman–Crippen LogP) is 13.7. The Morgan fingerprint density at radius 3 is 1.62 bits per heavy atom. The molecule has 0 aliphatic rings. The molecule has 0 radical (unpaired) electrons. The summed E-state index contributed by atoms with van der Waals surface area (Å²) in [5.41, 5.74) is 14.6. The van der Waals surface area contributed by atoms with Gasteiger partial charge in [-0.05, 0) is 58.7 Å². The van der Waals surface area contributed by atoms with Gasteiger partial charge in [0.2, 0.25) is 0 Å². The van der Waals surface area contributed by atoms with Crippen LogP contribution in [0.25, 0.3) is 111 Å². The largest absolute Gasteiger partial charge is 0.455 e. The molecular formula is C51H31N3O2. The highest BCUT2D eigenvalue weighted by molar-refractivity contribution is 6.19. The first-order valence-electron chi connectivity index (χ1n) is 18.7. The van der Waals surface area contributed by atoms with E-state index in [4.69, 9.17) is 18.8 Å². The van der Waals surface area contributed by atoms with Crippen LogP contribution in [0.15, 0.2) is 197 Å². The molecule has 0 amide bonds. The number of furan rings is 2. The van der Waals surface area contributed by atoms with Gasteiger partial charge < -0.3 is 8.83 Å². The van der Waals surface area contributed by atoms with Crippen LogP contribution in [0.3, 0.4) is 0 Å². The van der Waals surface area contributed by atoms with Gasteiger partial charge in [-0.1, -0.05) is 140 Å². The van der Waals surface area contributed by atoms with Gasteiger partial charge in [0, 0.05) is 61.8 Å². The zero-order chi connectivity index (χ0) is 37.0. The fourth-order valence-electron chi connectivity index (χ4n) is 7.90. The molecular weight excluding hydrogens is 687 g/mol. The van der Waals surface area contributed by atoms with Gasteiger partial charge in [-0.2, -0.15) is 0 Å². The number of pyridine rings is 1. The summed E-state index contributed by atoms with van der Waals surface area (Å²) in [6.07, 6.45) is 3.63.